The lowest BCUT2D eigenvalue weighted by molar-refractivity contribution is 0.642. The van der Waals surface area contributed by atoms with Crippen LogP contribution in [-0.2, 0) is 27.1 Å². The summed E-state index contributed by atoms with van der Waals surface area (Å²) in [6.07, 6.45) is 4.75. The maximum absolute atomic E-state index is 8.86. The predicted octanol–water partition coefficient (Wildman–Crippen LogP) is 0.963. The van der Waals surface area contributed by atoms with Gasteiger partial charge >= 0.3 is 0 Å². The maximum Gasteiger partial charge on any atom is 0.120 e. The molecule has 2 aromatic heterocycles. The Morgan fingerprint density at radius 3 is 2.89 bits per heavy atom. The van der Waals surface area contributed by atoms with Gasteiger partial charge in [0.25, 0.3) is 0 Å². The zero-order chi connectivity index (χ0) is 13.0. The van der Waals surface area contributed by atoms with Gasteiger partial charge in [0.15, 0.2) is 0 Å². The van der Waals surface area contributed by atoms with Crippen molar-refractivity contribution >= 4 is 0 Å². The number of rotatable bonds is 5. The number of aromatic nitrogens is 3. The van der Waals surface area contributed by atoms with Crippen molar-refractivity contribution in [2.45, 2.75) is 13.0 Å². The average molecular weight is 243 g/mol. The van der Waals surface area contributed by atoms with E-state index in [9.17, 15) is 0 Å². The van der Waals surface area contributed by atoms with Crippen LogP contribution in [-0.4, -0.2) is 20.9 Å². The molecule has 94 valence electrons. The lowest BCUT2D eigenvalue weighted by Gasteiger charge is -2.03. The normalized spacial score (nSPS) is 10.5. The minimum absolute atomic E-state index is 0.693. The molecule has 0 bridgehead atoms. The first kappa shape index (κ1) is 12.4. The smallest absolute Gasteiger partial charge is 0.120 e. The lowest BCUT2D eigenvalue weighted by atomic mass is 10.3. The van der Waals surface area contributed by atoms with Gasteiger partial charge in [-0.25, -0.2) is 0 Å². The van der Waals surface area contributed by atoms with Crippen LogP contribution in [0.4, 0.5) is 0 Å². The first-order valence-electron chi connectivity index (χ1n) is 5.93. The zero-order valence-corrected chi connectivity index (χ0v) is 10.7. The Bertz CT molecular complexity index is 558. The van der Waals surface area contributed by atoms with E-state index in [0.29, 0.717) is 5.69 Å². The number of hydrogen-bond acceptors (Lipinski definition) is 3. The molecule has 0 aliphatic rings. The van der Waals surface area contributed by atoms with Crippen LogP contribution < -0.4 is 5.32 Å². The molecular weight excluding hydrogens is 226 g/mol. The van der Waals surface area contributed by atoms with E-state index in [0.717, 1.165) is 25.1 Å². The van der Waals surface area contributed by atoms with E-state index < -0.39 is 0 Å². The lowest BCUT2D eigenvalue weighted by Crippen LogP contribution is -2.17. The van der Waals surface area contributed by atoms with E-state index in [1.54, 1.807) is 0 Å². The molecule has 0 aliphatic heterocycles. The van der Waals surface area contributed by atoms with Gasteiger partial charge < -0.3 is 9.88 Å². The van der Waals surface area contributed by atoms with Gasteiger partial charge in [0.1, 0.15) is 11.8 Å². The van der Waals surface area contributed by atoms with Crippen molar-refractivity contribution in [3.8, 4) is 6.07 Å². The summed E-state index contributed by atoms with van der Waals surface area (Å²) in [6.45, 7) is 1.68. The number of aryl methyl sites for hydroxylation is 2. The predicted molar refractivity (Wildman–Crippen MR) is 68.7 cm³/mol. The Balaban J connectivity index is 1.79. The second kappa shape index (κ2) is 5.52. The Kier molecular flexibility index (Phi) is 3.80. The van der Waals surface area contributed by atoms with Crippen molar-refractivity contribution in [1.29, 1.82) is 5.26 Å². The number of nitrogens with zero attached hydrogens (tertiary/aromatic N) is 4. The second-order valence-electron chi connectivity index (χ2n) is 4.33. The standard InChI is InChI=1S/C13H17N5/c1-17-10-11(7-13(17)8-14)9-15-5-3-12-4-6-16-18(12)2/h4,6-7,10,15H,3,5,9H2,1-2H3. The van der Waals surface area contributed by atoms with Gasteiger partial charge in [-0.15, -0.1) is 0 Å². The summed E-state index contributed by atoms with van der Waals surface area (Å²) >= 11 is 0. The molecule has 0 fully saturated rings. The highest BCUT2D eigenvalue weighted by molar-refractivity contribution is 5.28. The van der Waals surface area contributed by atoms with E-state index in [4.69, 9.17) is 5.26 Å². The topological polar surface area (TPSA) is 58.6 Å². The van der Waals surface area contributed by atoms with Crippen LogP contribution in [0.2, 0.25) is 0 Å². The zero-order valence-electron chi connectivity index (χ0n) is 10.7. The summed E-state index contributed by atoms with van der Waals surface area (Å²) in [5, 5.41) is 16.4. The summed E-state index contributed by atoms with van der Waals surface area (Å²) < 4.78 is 3.73. The minimum Gasteiger partial charge on any atom is -0.342 e. The molecule has 0 aliphatic carbocycles. The number of nitriles is 1. The summed E-state index contributed by atoms with van der Waals surface area (Å²) in [4.78, 5) is 0. The highest BCUT2D eigenvalue weighted by Crippen LogP contribution is 2.05. The van der Waals surface area contributed by atoms with E-state index in [1.807, 2.05) is 47.9 Å². The molecule has 1 N–H and O–H groups in total. The van der Waals surface area contributed by atoms with E-state index in [2.05, 4.69) is 16.5 Å². The third-order valence-corrected chi connectivity index (χ3v) is 2.99. The molecule has 2 heterocycles. The fraction of sp³-hybridized carbons (Fsp3) is 0.385. The maximum atomic E-state index is 8.86. The highest BCUT2D eigenvalue weighted by atomic mass is 15.3. The van der Waals surface area contributed by atoms with Gasteiger partial charge in [-0.05, 0) is 17.7 Å². The second-order valence-corrected chi connectivity index (χ2v) is 4.33. The molecule has 0 unspecified atom stereocenters. The van der Waals surface area contributed by atoms with Crippen LogP contribution in [0.25, 0.3) is 0 Å². The van der Waals surface area contributed by atoms with Gasteiger partial charge in [-0.2, -0.15) is 10.4 Å². The van der Waals surface area contributed by atoms with Crippen molar-refractivity contribution in [3.05, 3.63) is 41.5 Å². The van der Waals surface area contributed by atoms with Crippen LogP contribution in [0.5, 0.6) is 0 Å². The molecule has 0 saturated carbocycles. The fourth-order valence-corrected chi connectivity index (χ4v) is 1.94. The van der Waals surface area contributed by atoms with Crippen LogP contribution in [0.3, 0.4) is 0 Å². The Hall–Kier alpha value is -2.06. The van der Waals surface area contributed by atoms with E-state index >= 15 is 0 Å². The first-order valence-corrected chi connectivity index (χ1v) is 5.93. The summed E-state index contributed by atoms with van der Waals surface area (Å²) in [7, 11) is 3.84. The molecule has 0 radical (unpaired) electrons. The van der Waals surface area contributed by atoms with Crippen molar-refractivity contribution in [2.75, 3.05) is 6.54 Å². The van der Waals surface area contributed by atoms with Gasteiger partial charge in [-0.3, -0.25) is 4.68 Å². The van der Waals surface area contributed by atoms with Crippen LogP contribution >= 0.6 is 0 Å². The Morgan fingerprint density at radius 2 is 2.28 bits per heavy atom. The van der Waals surface area contributed by atoms with Gasteiger partial charge in [0.05, 0.1) is 0 Å². The fourth-order valence-electron chi connectivity index (χ4n) is 1.94. The summed E-state index contributed by atoms with van der Waals surface area (Å²) in [5.41, 5.74) is 3.05. The monoisotopic (exact) mass is 243 g/mol. The third-order valence-electron chi connectivity index (χ3n) is 2.99. The van der Waals surface area contributed by atoms with Crippen molar-refractivity contribution in [2.24, 2.45) is 14.1 Å². The molecule has 0 aromatic carbocycles. The van der Waals surface area contributed by atoms with Crippen LogP contribution in [0.1, 0.15) is 17.0 Å². The average Bonchev–Trinajstić information content (AvgIpc) is 2.91. The quantitative estimate of drug-likeness (QED) is 0.796. The molecule has 2 rings (SSSR count). The van der Waals surface area contributed by atoms with Gasteiger partial charge in [0, 0.05) is 51.7 Å². The summed E-state index contributed by atoms with van der Waals surface area (Å²) in [5.74, 6) is 0. The minimum atomic E-state index is 0.693. The molecule has 0 saturated heterocycles. The Morgan fingerprint density at radius 1 is 1.44 bits per heavy atom. The van der Waals surface area contributed by atoms with Gasteiger partial charge in [0.2, 0.25) is 0 Å². The van der Waals surface area contributed by atoms with Crippen LogP contribution in [0, 0.1) is 11.3 Å². The molecular formula is C13H17N5. The third kappa shape index (κ3) is 2.79. The number of nitrogens with one attached hydrogen (secondary N) is 1. The van der Waals surface area contributed by atoms with Crippen LogP contribution in [0.15, 0.2) is 24.5 Å². The molecule has 2 aromatic rings. The summed E-state index contributed by atoms with van der Waals surface area (Å²) in [6, 6.07) is 6.10. The Labute approximate surface area is 107 Å². The van der Waals surface area contributed by atoms with Crippen molar-refractivity contribution < 1.29 is 0 Å². The van der Waals surface area contributed by atoms with E-state index in [1.165, 1.54) is 5.69 Å². The van der Waals surface area contributed by atoms with E-state index in [-0.39, 0.29) is 0 Å². The SMILES string of the molecule is Cn1cc(CNCCc2ccnn2C)cc1C#N. The molecule has 0 atom stereocenters. The molecule has 0 spiro atoms. The van der Waals surface area contributed by atoms with Crippen molar-refractivity contribution in [3.63, 3.8) is 0 Å². The molecule has 5 nitrogen and oxygen atoms in total. The molecule has 5 heteroatoms. The number of hydrogen-bond donors (Lipinski definition) is 1. The highest BCUT2D eigenvalue weighted by Gasteiger charge is 2.02. The molecule has 0 amide bonds. The largest absolute Gasteiger partial charge is 0.342 e. The van der Waals surface area contributed by atoms with Crippen molar-refractivity contribution in [1.82, 2.24) is 19.7 Å². The molecule has 18 heavy (non-hydrogen) atoms. The van der Waals surface area contributed by atoms with Gasteiger partial charge in [-0.1, -0.05) is 0 Å². The first-order chi connectivity index (χ1) is 8.70.